The summed E-state index contributed by atoms with van der Waals surface area (Å²) in [6.07, 6.45) is -2.57. The Bertz CT molecular complexity index is 565. The molecule has 0 radical (unpaired) electrons. The summed E-state index contributed by atoms with van der Waals surface area (Å²) in [4.78, 5) is 11.1. The van der Waals surface area contributed by atoms with Gasteiger partial charge in [0.1, 0.15) is 0 Å². The van der Waals surface area contributed by atoms with Gasteiger partial charge in [-0.1, -0.05) is 0 Å². The minimum atomic E-state index is -4.53. The topological polar surface area (TPSA) is 55.6 Å². The van der Waals surface area contributed by atoms with E-state index in [1.165, 1.54) is 6.07 Å². The zero-order chi connectivity index (χ0) is 13.2. The third kappa shape index (κ3) is 3.12. The molecule has 1 N–H and O–H groups in total. The van der Waals surface area contributed by atoms with Crippen molar-refractivity contribution in [2.24, 2.45) is 0 Å². The maximum atomic E-state index is 11.8. The zero-order valence-electron chi connectivity index (χ0n) is 8.94. The van der Waals surface area contributed by atoms with Gasteiger partial charge in [-0.3, -0.25) is 5.32 Å². The van der Waals surface area contributed by atoms with Gasteiger partial charge in [0.2, 0.25) is 0 Å². The van der Waals surface area contributed by atoms with Crippen LogP contribution in [-0.2, 0) is 4.74 Å². The fourth-order valence-electron chi connectivity index (χ4n) is 1.30. The number of carbonyl (C=O) groups is 1. The lowest BCUT2D eigenvalue weighted by atomic mass is 10.3. The molecule has 0 aliphatic carbocycles. The van der Waals surface area contributed by atoms with E-state index in [9.17, 15) is 18.0 Å². The number of nitrogens with zero attached hydrogens (tertiary/aromatic N) is 2. The Labute approximate surface area is 99.2 Å². The largest absolute Gasteiger partial charge is 0.440 e. The van der Waals surface area contributed by atoms with Crippen LogP contribution in [0.1, 0.15) is 0 Å². The van der Waals surface area contributed by atoms with Gasteiger partial charge in [-0.15, -0.1) is 0 Å². The average molecular weight is 259 g/mol. The molecule has 2 heterocycles. The fraction of sp³-hybridized carbons (Fsp3) is 0.200. The van der Waals surface area contributed by atoms with E-state index in [0.29, 0.717) is 11.2 Å². The molecular formula is C10H8F3N3O2. The first kappa shape index (κ1) is 12.2. The Balaban J connectivity index is 1.98. The molecule has 2 aromatic rings. The molecule has 18 heavy (non-hydrogen) atoms. The molecule has 0 atom stereocenters. The lowest BCUT2D eigenvalue weighted by molar-refractivity contribution is -0.159. The standard InChI is InChI=1S/C10H8F3N3O2/c11-10(12,13)6-18-9(17)15-7-2-4-16-8(5-7)1-3-14-16/h1-5H,6H2,(H,15,17). The number of fused-ring (bicyclic) bond motifs is 1. The zero-order valence-corrected chi connectivity index (χ0v) is 8.94. The lowest BCUT2D eigenvalue weighted by Crippen LogP contribution is -2.23. The molecule has 2 rings (SSSR count). The molecule has 0 unspecified atom stereocenters. The van der Waals surface area contributed by atoms with E-state index in [0.717, 1.165) is 0 Å². The van der Waals surface area contributed by atoms with E-state index in [4.69, 9.17) is 0 Å². The van der Waals surface area contributed by atoms with E-state index in [-0.39, 0.29) is 0 Å². The van der Waals surface area contributed by atoms with Crippen molar-refractivity contribution in [3.63, 3.8) is 0 Å². The van der Waals surface area contributed by atoms with Crippen molar-refractivity contribution in [1.29, 1.82) is 0 Å². The summed E-state index contributed by atoms with van der Waals surface area (Å²) in [6, 6.07) is 4.74. The van der Waals surface area contributed by atoms with Crippen LogP contribution < -0.4 is 5.32 Å². The molecule has 1 amide bonds. The van der Waals surface area contributed by atoms with Crippen molar-refractivity contribution in [1.82, 2.24) is 9.61 Å². The van der Waals surface area contributed by atoms with E-state index >= 15 is 0 Å². The lowest BCUT2D eigenvalue weighted by Gasteiger charge is -2.09. The second-order valence-electron chi connectivity index (χ2n) is 3.43. The van der Waals surface area contributed by atoms with Gasteiger partial charge in [-0.25, -0.2) is 9.31 Å². The maximum absolute atomic E-state index is 11.8. The van der Waals surface area contributed by atoms with Crippen LogP contribution in [0.3, 0.4) is 0 Å². The average Bonchev–Trinajstić information content (AvgIpc) is 2.72. The third-order valence-electron chi connectivity index (χ3n) is 2.01. The van der Waals surface area contributed by atoms with Crippen molar-refractivity contribution in [2.75, 3.05) is 11.9 Å². The second kappa shape index (κ2) is 4.55. The molecule has 5 nitrogen and oxygen atoms in total. The smallest absolute Gasteiger partial charge is 0.422 e. The summed E-state index contributed by atoms with van der Waals surface area (Å²) in [6.45, 7) is -1.62. The Morgan fingerprint density at radius 2 is 2.22 bits per heavy atom. The van der Waals surface area contributed by atoms with Crippen LogP contribution in [0.25, 0.3) is 5.52 Å². The van der Waals surface area contributed by atoms with Crippen molar-refractivity contribution in [3.8, 4) is 0 Å². The number of rotatable bonds is 2. The molecule has 0 fully saturated rings. The van der Waals surface area contributed by atoms with E-state index in [2.05, 4.69) is 15.2 Å². The summed E-state index contributed by atoms with van der Waals surface area (Å²) in [5.41, 5.74) is 1.03. The van der Waals surface area contributed by atoms with E-state index in [1.54, 1.807) is 29.0 Å². The molecule has 0 aliphatic rings. The van der Waals surface area contributed by atoms with Gasteiger partial charge in [-0.05, 0) is 18.2 Å². The first-order valence-corrected chi connectivity index (χ1v) is 4.88. The van der Waals surface area contributed by atoms with Crippen LogP contribution in [0, 0.1) is 0 Å². The van der Waals surface area contributed by atoms with Gasteiger partial charge in [0.15, 0.2) is 6.61 Å². The number of halogens is 3. The summed E-state index contributed by atoms with van der Waals surface area (Å²) in [5.74, 6) is 0. The predicted octanol–water partition coefficient (Wildman–Crippen LogP) is 2.45. The normalized spacial score (nSPS) is 11.5. The van der Waals surface area contributed by atoms with Crippen LogP contribution in [0.2, 0.25) is 0 Å². The molecule has 0 bridgehead atoms. The summed E-state index contributed by atoms with van der Waals surface area (Å²) < 4.78 is 41.0. The fourth-order valence-corrected chi connectivity index (χ4v) is 1.30. The van der Waals surface area contributed by atoms with Crippen molar-refractivity contribution < 1.29 is 22.7 Å². The van der Waals surface area contributed by atoms with Gasteiger partial charge in [0, 0.05) is 18.1 Å². The number of amides is 1. The Kier molecular flexibility index (Phi) is 3.09. The number of anilines is 1. The SMILES string of the molecule is O=C(Nc1ccn2nccc2c1)OCC(F)(F)F. The van der Waals surface area contributed by atoms with Crippen LogP contribution in [0.4, 0.5) is 23.7 Å². The first-order chi connectivity index (χ1) is 8.44. The minimum Gasteiger partial charge on any atom is -0.440 e. The van der Waals surface area contributed by atoms with Gasteiger partial charge < -0.3 is 4.74 Å². The van der Waals surface area contributed by atoms with Crippen molar-refractivity contribution >= 4 is 17.3 Å². The first-order valence-electron chi connectivity index (χ1n) is 4.88. The molecule has 0 saturated carbocycles. The monoisotopic (exact) mass is 259 g/mol. The quantitative estimate of drug-likeness (QED) is 0.901. The van der Waals surface area contributed by atoms with E-state index < -0.39 is 18.9 Å². The van der Waals surface area contributed by atoms with Gasteiger partial charge in [0.25, 0.3) is 0 Å². The molecule has 96 valence electrons. The second-order valence-corrected chi connectivity index (χ2v) is 3.43. The highest BCUT2D eigenvalue weighted by Gasteiger charge is 2.29. The summed E-state index contributed by atoms with van der Waals surface area (Å²) >= 11 is 0. The predicted molar refractivity (Wildman–Crippen MR) is 56.2 cm³/mol. The molecule has 0 aromatic carbocycles. The number of carbonyl (C=O) groups excluding carboxylic acids is 1. The number of ether oxygens (including phenoxy) is 1. The highest BCUT2D eigenvalue weighted by Crippen LogP contribution is 2.16. The number of aromatic nitrogens is 2. The van der Waals surface area contributed by atoms with Crippen LogP contribution in [0.5, 0.6) is 0 Å². The molecule has 2 aromatic heterocycles. The number of nitrogens with one attached hydrogen (secondary N) is 1. The highest BCUT2D eigenvalue weighted by molar-refractivity contribution is 5.85. The molecule has 0 spiro atoms. The van der Waals surface area contributed by atoms with Crippen LogP contribution >= 0.6 is 0 Å². The summed E-state index contributed by atoms with van der Waals surface area (Å²) in [5, 5.41) is 6.13. The molecular weight excluding hydrogens is 251 g/mol. The van der Waals surface area contributed by atoms with Crippen molar-refractivity contribution in [3.05, 3.63) is 30.6 Å². The Hall–Kier alpha value is -2.25. The number of hydrogen-bond donors (Lipinski definition) is 1. The molecule has 8 heteroatoms. The van der Waals surface area contributed by atoms with Crippen LogP contribution in [-0.4, -0.2) is 28.5 Å². The van der Waals surface area contributed by atoms with E-state index in [1.807, 2.05) is 0 Å². The van der Waals surface area contributed by atoms with Gasteiger partial charge in [0.05, 0.1) is 5.52 Å². The minimum absolute atomic E-state index is 0.329. The summed E-state index contributed by atoms with van der Waals surface area (Å²) in [7, 11) is 0. The van der Waals surface area contributed by atoms with Gasteiger partial charge >= 0.3 is 12.3 Å². The van der Waals surface area contributed by atoms with Gasteiger partial charge in [-0.2, -0.15) is 18.3 Å². The maximum Gasteiger partial charge on any atom is 0.422 e. The number of hydrogen-bond acceptors (Lipinski definition) is 3. The molecule has 0 saturated heterocycles. The van der Waals surface area contributed by atoms with Crippen molar-refractivity contribution in [2.45, 2.75) is 6.18 Å². The Morgan fingerprint density at radius 3 is 2.94 bits per heavy atom. The highest BCUT2D eigenvalue weighted by atomic mass is 19.4. The third-order valence-corrected chi connectivity index (χ3v) is 2.01. The molecule has 0 aliphatic heterocycles. The van der Waals surface area contributed by atoms with Crippen LogP contribution in [0.15, 0.2) is 30.6 Å². The Morgan fingerprint density at radius 1 is 1.44 bits per heavy atom. The number of pyridine rings is 1. The number of alkyl halides is 3.